The number of carbonyl (C=O) groups excluding carboxylic acids is 12. The van der Waals surface area contributed by atoms with Crippen LogP contribution in [0.1, 0.15) is 182 Å². The molecule has 34 heteroatoms. The number of morpholine rings is 1. The molecule has 109 heavy (non-hydrogen) atoms. The minimum Gasteiger partial charge on any atom is -0.390 e. The summed E-state index contributed by atoms with van der Waals surface area (Å²) in [4.78, 5) is 192. The molecule has 4 saturated carbocycles. The molecule has 1 spiro atoms. The van der Waals surface area contributed by atoms with Gasteiger partial charge >= 0.3 is 12.4 Å². The normalized spacial score (nSPS) is 32.5. The average molecular weight is 1560 g/mol. The summed E-state index contributed by atoms with van der Waals surface area (Å²) in [5, 5.41) is 20.1. The molecule has 26 nitrogen and oxygen atoms in total. The third-order valence-corrected chi connectivity index (χ3v) is 24.8. The highest BCUT2D eigenvalue weighted by molar-refractivity contribution is 6.01. The Labute approximate surface area is 633 Å². The van der Waals surface area contributed by atoms with E-state index in [1.165, 1.54) is 61.9 Å². The highest BCUT2D eigenvalue weighted by Gasteiger charge is 2.56. The van der Waals surface area contributed by atoms with Crippen LogP contribution in [-0.4, -0.2) is 300 Å². The average Bonchev–Trinajstić information content (AvgIpc) is 1.71. The lowest BCUT2D eigenvalue weighted by atomic mass is 9.76. The largest absolute Gasteiger partial charge is 0.397 e. The Kier molecular flexibility index (Phi) is 30.2. The van der Waals surface area contributed by atoms with E-state index < -0.39 is 230 Å². The fourth-order valence-corrected chi connectivity index (χ4v) is 18.0. The standard InChI is InChI=1S/C75H116F8N12O14/c1-11-44(4)61-70(106)88(6)42-59(99)89(7)52-20-14-17-30-94(69(52)105)55(39-45-21-24-48(25-22-45)74(78,79)80)67(103)87(5)41-57(97)84-51(26-23-46-37-49(76)60(50(77)38-46)75(81,82)83)66(102)95-31-27-56(96)63(95)65(101)86-73(28-15-16-29-73)72(108)92(10)62(47-18-12-13-19-47)71(107)91(9)54(68(104)93-32-34-109-35-33-93)40-58(98)90(8)53(36-43(2)3)64(100)85-61/h43-56,60-63,96H,11-42H2,1-10H3,(H,84,97)(H,85,100)(H,86,101)/t44-,45?,46?,48?,49?,50?,51-,52-,53-,54-,55-,56-,60?,61-,62-,63-/m0/s1. The van der Waals surface area contributed by atoms with Crippen molar-refractivity contribution >= 4 is 70.9 Å². The van der Waals surface area contributed by atoms with E-state index in [2.05, 4.69) is 16.0 Å². The zero-order valence-electron chi connectivity index (χ0n) is 64.8. The zero-order chi connectivity index (χ0) is 80.5. The molecule has 0 aromatic heterocycles. The predicted octanol–water partition coefficient (Wildman–Crippen LogP) is 5.30. The van der Waals surface area contributed by atoms with Gasteiger partial charge in [-0.25, -0.2) is 8.78 Å². The van der Waals surface area contributed by atoms with Crippen LogP contribution in [0, 0.1) is 41.4 Å². The minimum absolute atomic E-state index is 0.00178. The van der Waals surface area contributed by atoms with Gasteiger partial charge < -0.3 is 69.9 Å². The second kappa shape index (κ2) is 37.6. The monoisotopic (exact) mass is 1560 g/mol. The molecule has 12 amide bonds. The number of hydrogen-bond donors (Lipinski definition) is 4. The molecule has 8 fully saturated rings. The summed E-state index contributed by atoms with van der Waals surface area (Å²) in [6.07, 6.45) is -16.9. The quantitative estimate of drug-likeness (QED) is 0.191. The first-order chi connectivity index (χ1) is 51.2. The van der Waals surface area contributed by atoms with Gasteiger partial charge in [0.05, 0.1) is 44.7 Å². The molecule has 4 saturated heterocycles. The van der Waals surface area contributed by atoms with Crippen LogP contribution in [0.3, 0.4) is 0 Å². The maximum absolute atomic E-state index is 15.7. The van der Waals surface area contributed by atoms with Gasteiger partial charge in [-0.1, -0.05) is 59.8 Å². The number of halogens is 8. The van der Waals surface area contributed by atoms with Crippen LogP contribution >= 0.6 is 0 Å². The van der Waals surface area contributed by atoms with Gasteiger partial charge in [-0.05, 0) is 145 Å². The molecule has 616 valence electrons. The molecule has 4 aliphatic heterocycles. The lowest BCUT2D eigenvalue weighted by molar-refractivity contribution is -0.219. The highest BCUT2D eigenvalue weighted by Crippen LogP contribution is 2.46. The Morgan fingerprint density at radius 3 is 1.78 bits per heavy atom. The van der Waals surface area contributed by atoms with E-state index in [1.54, 1.807) is 13.8 Å². The predicted molar refractivity (Wildman–Crippen MR) is 380 cm³/mol. The van der Waals surface area contributed by atoms with Crippen molar-refractivity contribution in [2.24, 2.45) is 41.4 Å². The van der Waals surface area contributed by atoms with Crippen LogP contribution in [0.4, 0.5) is 35.1 Å². The molecule has 0 aromatic rings. The second-order valence-electron chi connectivity index (χ2n) is 32.7. The molecule has 0 aromatic carbocycles. The third-order valence-electron chi connectivity index (χ3n) is 24.8. The van der Waals surface area contributed by atoms with E-state index >= 15 is 47.1 Å². The maximum atomic E-state index is 15.7. The van der Waals surface area contributed by atoms with Gasteiger partial charge in [-0.15, -0.1) is 0 Å². The van der Waals surface area contributed by atoms with Gasteiger partial charge in [0.2, 0.25) is 70.9 Å². The second-order valence-corrected chi connectivity index (χ2v) is 32.7. The summed E-state index contributed by atoms with van der Waals surface area (Å²) in [5.41, 5.74) is -1.80. The number of likely N-dealkylation sites (N-methyl/N-ethyl adjacent to an activating group) is 6. The number of hydrogen-bond acceptors (Lipinski definition) is 14. The summed E-state index contributed by atoms with van der Waals surface area (Å²) in [6, 6.07) is -11.8. The summed E-state index contributed by atoms with van der Waals surface area (Å²) in [7, 11) is 8.00. The Bertz CT molecular complexity index is 3230. The van der Waals surface area contributed by atoms with E-state index in [0.29, 0.717) is 51.4 Å². The number of carbonyl (C=O) groups is 12. The van der Waals surface area contributed by atoms with Gasteiger partial charge in [0, 0.05) is 68.5 Å². The first-order valence-electron chi connectivity index (χ1n) is 39.3. The molecule has 8 aliphatic rings. The van der Waals surface area contributed by atoms with Crippen molar-refractivity contribution in [1.82, 2.24) is 60.0 Å². The van der Waals surface area contributed by atoms with E-state index in [1.807, 2.05) is 13.8 Å². The number of nitrogens with one attached hydrogen (secondary N) is 3. The number of aliphatic hydroxyl groups excluding tert-OH is 1. The van der Waals surface area contributed by atoms with Crippen molar-refractivity contribution in [1.29, 1.82) is 0 Å². The Morgan fingerprint density at radius 1 is 0.587 bits per heavy atom. The summed E-state index contributed by atoms with van der Waals surface area (Å²) >= 11 is 0. The molecule has 0 radical (unpaired) electrons. The lowest BCUT2D eigenvalue weighted by Crippen LogP contribution is -2.66. The first kappa shape index (κ1) is 87.6. The molecular formula is C75H116F8N12O14. The van der Waals surface area contributed by atoms with Crippen LogP contribution in [0.5, 0.6) is 0 Å². The van der Waals surface area contributed by atoms with Crippen molar-refractivity contribution in [2.45, 2.75) is 266 Å². The van der Waals surface area contributed by atoms with Gasteiger partial charge in [0.15, 0.2) is 0 Å². The van der Waals surface area contributed by atoms with Gasteiger partial charge in [-0.3, -0.25) is 57.5 Å². The van der Waals surface area contributed by atoms with Crippen molar-refractivity contribution in [2.75, 3.05) is 94.8 Å². The number of ether oxygens (including phenoxy) is 1. The first-order valence-corrected chi connectivity index (χ1v) is 39.3. The van der Waals surface area contributed by atoms with Gasteiger partial charge in [-0.2, -0.15) is 26.3 Å². The van der Waals surface area contributed by atoms with Gasteiger partial charge in [0.25, 0.3) is 0 Å². The Hall–Kier alpha value is -7.00. The number of nitrogens with zero attached hydrogens (tertiary/aromatic N) is 9. The molecule has 4 aliphatic carbocycles. The van der Waals surface area contributed by atoms with Gasteiger partial charge in [0.1, 0.15) is 72.1 Å². The summed E-state index contributed by atoms with van der Waals surface area (Å²) in [6.45, 7) is 5.61. The Balaban J connectivity index is 1.20. The molecule has 4 heterocycles. The van der Waals surface area contributed by atoms with E-state index in [-0.39, 0.29) is 122 Å². The molecule has 12 atom stereocenters. The highest BCUT2D eigenvalue weighted by atomic mass is 19.4. The number of amides is 12. The van der Waals surface area contributed by atoms with Crippen LogP contribution in [-0.2, 0) is 62.3 Å². The fraction of sp³-hybridized carbons (Fsp3) is 0.840. The SMILES string of the molecule is CC[C@H](C)[C@@H]1NC(=O)[C@H](CC(C)C)N(C)C(=O)C[C@@H](C(=O)N2CCOCC2)N(C)C(=O)[C@H](C2CCCC2)N(C)C(=O)C2(CCCC2)NC(=O)[C@@H]2[C@@H](O)CCN2C(=O)[C@H](CCC2CC(F)C(C(F)(F)F)C(F)C2)NC(=O)CN(C)C(=O)[C@H](CC2CCC(C(F)(F)F)CC2)N2CCCC[C@@H](C2=O)N(C)C(=O)CN(C)C1=O. The van der Waals surface area contributed by atoms with Crippen LogP contribution < -0.4 is 16.0 Å². The van der Waals surface area contributed by atoms with Crippen LogP contribution in [0.15, 0.2) is 0 Å². The van der Waals surface area contributed by atoms with Crippen molar-refractivity contribution in [3.05, 3.63) is 0 Å². The summed E-state index contributed by atoms with van der Waals surface area (Å²) in [5.74, 6) is -17.4. The zero-order valence-corrected chi connectivity index (χ0v) is 64.8. The third kappa shape index (κ3) is 21.0. The van der Waals surface area contributed by atoms with Crippen molar-refractivity contribution in [3.63, 3.8) is 0 Å². The number of rotatable bonds is 11. The van der Waals surface area contributed by atoms with E-state index in [4.69, 9.17) is 4.74 Å². The minimum atomic E-state index is -5.23. The lowest BCUT2D eigenvalue weighted by Gasteiger charge is -2.42. The van der Waals surface area contributed by atoms with Crippen molar-refractivity contribution < 1.29 is 103 Å². The van der Waals surface area contributed by atoms with Crippen LogP contribution in [0.2, 0.25) is 0 Å². The van der Waals surface area contributed by atoms with Crippen LogP contribution in [0.25, 0.3) is 0 Å². The molecule has 2 unspecified atom stereocenters. The molecule has 2 bridgehead atoms. The molecule has 4 N–H and O–H groups in total. The fourth-order valence-electron chi connectivity index (χ4n) is 18.0. The maximum Gasteiger partial charge on any atom is 0.397 e. The number of alkyl halides is 8. The van der Waals surface area contributed by atoms with E-state index in [9.17, 15) is 50.6 Å². The molecule has 8 rings (SSSR count). The number of aliphatic hydroxyl groups is 1. The van der Waals surface area contributed by atoms with E-state index in [0.717, 1.165) is 24.5 Å². The number of fused-ring (bicyclic) bond motifs is 3. The smallest absolute Gasteiger partial charge is 0.390 e. The summed E-state index contributed by atoms with van der Waals surface area (Å²) < 4.78 is 121. The topological polar surface area (TPSA) is 300 Å². The van der Waals surface area contributed by atoms with Crippen molar-refractivity contribution in [3.8, 4) is 0 Å². The molecular weight excluding hydrogens is 1440 g/mol. The Morgan fingerprint density at radius 2 is 1.19 bits per heavy atom.